The van der Waals surface area contributed by atoms with Crippen LogP contribution in [0.25, 0.3) is 0 Å². The van der Waals surface area contributed by atoms with Gasteiger partial charge >= 0.3 is 5.97 Å². The van der Waals surface area contributed by atoms with Crippen LogP contribution in [0.3, 0.4) is 0 Å². The summed E-state index contributed by atoms with van der Waals surface area (Å²) >= 11 is 0. The SMILES string of the molecule is Cc1cccc(NC(=O)COC(=O)C[C@H](C)c2ccccc2)c1. The number of hydrogen-bond donors (Lipinski definition) is 1. The molecule has 2 rings (SSSR count). The highest BCUT2D eigenvalue weighted by Gasteiger charge is 2.13. The van der Waals surface area contributed by atoms with Crippen LogP contribution in [-0.4, -0.2) is 18.5 Å². The molecular weight excluding hydrogens is 290 g/mol. The number of amides is 1. The molecule has 23 heavy (non-hydrogen) atoms. The molecule has 0 aliphatic heterocycles. The molecule has 1 amide bonds. The molecule has 0 aliphatic carbocycles. The van der Waals surface area contributed by atoms with Gasteiger partial charge in [0.1, 0.15) is 0 Å². The molecule has 0 saturated heterocycles. The number of ether oxygens (including phenoxy) is 1. The summed E-state index contributed by atoms with van der Waals surface area (Å²) in [6, 6.07) is 17.2. The minimum absolute atomic E-state index is 0.0588. The second kappa shape index (κ2) is 8.13. The van der Waals surface area contributed by atoms with Gasteiger partial charge in [0, 0.05) is 5.69 Å². The van der Waals surface area contributed by atoms with Crippen LogP contribution in [0.5, 0.6) is 0 Å². The standard InChI is InChI=1S/C19H21NO3/c1-14-7-6-10-17(11-14)20-18(21)13-23-19(22)12-15(2)16-8-4-3-5-9-16/h3-11,15H,12-13H2,1-2H3,(H,20,21)/t15-/m0/s1. The van der Waals surface area contributed by atoms with Crippen molar-refractivity contribution < 1.29 is 14.3 Å². The van der Waals surface area contributed by atoms with Crippen molar-refractivity contribution in [2.45, 2.75) is 26.2 Å². The molecule has 4 nitrogen and oxygen atoms in total. The Balaban J connectivity index is 1.76. The zero-order valence-corrected chi connectivity index (χ0v) is 13.4. The topological polar surface area (TPSA) is 55.4 Å². The Bertz CT molecular complexity index is 667. The van der Waals surface area contributed by atoms with Crippen molar-refractivity contribution in [2.75, 3.05) is 11.9 Å². The molecule has 0 bridgehead atoms. The Kier molecular flexibility index (Phi) is 5.92. The van der Waals surface area contributed by atoms with Crippen LogP contribution in [0.4, 0.5) is 5.69 Å². The summed E-state index contributed by atoms with van der Waals surface area (Å²) in [7, 11) is 0. The van der Waals surface area contributed by atoms with Gasteiger partial charge in [-0.25, -0.2) is 0 Å². The van der Waals surface area contributed by atoms with Crippen molar-refractivity contribution in [3.05, 3.63) is 65.7 Å². The fourth-order valence-electron chi connectivity index (χ4n) is 2.27. The summed E-state index contributed by atoms with van der Waals surface area (Å²) < 4.78 is 5.05. The third kappa shape index (κ3) is 5.58. The predicted molar refractivity (Wildman–Crippen MR) is 90.2 cm³/mol. The van der Waals surface area contributed by atoms with Gasteiger partial charge in [-0.3, -0.25) is 9.59 Å². The number of anilines is 1. The van der Waals surface area contributed by atoms with Crippen LogP contribution in [0, 0.1) is 6.92 Å². The molecule has 0 aliphatic rings. The Morgan fingerprint density at radius 3 is 2.52 bits per heavy atom. The van der Waals surface area contributed by atoms with E-state index < -0.39 is 0 Å². The quantitative estimate of drug-likeness (QED) is 0.828. The molecule has 0 saturated carbocycles. The molecular formula is C19H21NO3. The maximum Gasteiger partial charge on any atom is 0.306 e. The van der Waals surface area contributed by atoms with Crippen molar-refractivity contribution >= 4 is 17.6 Å². The van der Waals surface area contributed by atoms with Crippen LogP contribution in [-0.2, 0) is 14.3 Å². The van der Waals surface area contributed by atoms with Crippen molar-refractivity contribution in [3.8, 4) is 0 Å². The van der Waals surface area contributed by atoms with Gasteiger partial charge in [0.15, 0.2) is 6.61 Å². The summed E-state index contributed by atoms with van der Waals surface area (Å²) in [6.07, 6.45) is 0.252. The Morgan fingerprint density at radius 2 is 1.83 bits per heavy atom. The number of aryl methyl sites for hydroxylation is 1. The monoisotopic (exact) mass is 311 g/mol. The van der Waals surface area contributed by atoms with E-state index in [4.69, 9.17) is 4.74 Å². The molecule has 0 heterocycles. The molecule has 0 unspecified atom stereocenters. The van der Waals surface area contributed by atoms with Gasteiger partial charge in [0.2, 0.25) is 0 Å². The predicted octanol–water partition coefficient (Wildman–Crippen LogP) is 3.67. The third-order valence-electron chi connectivity index (χ3n) is 3.51. The zero-order valence-electron chi connectivity index (χ0n) is 13.4. The highest BCUT2D eigenvalue weighted by atomic mass is 16.5. The minimum atomic E-state index is -0.374. The molecule has 120 valence electrons. The largest absolute Gasteiger partial charge is 0.456 e. The third-order valence-corrected chi connectivity index (χ3v) is 3.51. The molecule has 2 aromatic carbocycles. The molecule has 0 spiro atoms. The van der Waals surface area contributed by atoms with Gasteiger partial charge in [-0.05, 0) is 36.1 Å². The lowest BCUT2D eigenvalue weighted by Gasteiger charge is -2.11. The summed E-state index contributed by atoms with van der Waals surface area (Å²) in [6.45, 7) is 3.64. The van der Waals surface area contributed by atoms with Crippen molar-refractivity contribution in [2.24, 2.45) is 0 Å². The maximum atomic E-state index is 11.8. The average Bonchev–Trinajstić information content (AvgIpc) is 2.54. The van der Waals surface area contributed by atoms with Crippen LogP contribution in [0.1, 0.15) is 30.4 Å². The van der Waals surface area contributed by atoms with Gasteiger partial charge < -0.3 is 10.1 Å². The lowest BCUT2D eigenvalue weighted by atomic mass is 9.98. The van der Waals surface area contributed by atoms with Gasteiger partial charge in [-0.15, -0.1) is 0 Å². The number of carbonyl (C=O) groups excluding carboxylic acids is 2. The van der Waals surface area contributed by atoms with Gasteiger partial charge in [0.25, 0.3) is 5.91 Å². The van der Waals surface area contributed by atoms with E-state index in [1.807, 2.05) is 62.4 Å². The smallest absolute Gasteiger partial charge is 0.306 e. The summed E-state index contributed by atoms with van der Waals surface area (Å²) in [5.41, 5.74) is 2.83. The number of hydrogen-bond acceptors (Lipinski definition) is 3. The number of nitrogens with one attached hydrogen (secondary N) is 1. The van der Waals surface area contributed by atoms with Gasteiger partial charge in [-0.2, -0.15) is 0 Å². The summed E-state index contributed by atoms with van der Waals surface area (Å²) in [4.78, 5) is 23.6. The Labute approximate surface area is 136 Å². The molecule has 0 fully saturated rings. The van der Waals surface area contributed by atoms with E-state index in [-0.39, 0.29) is 30.8 Å². The maximum absolute atomic E-state index is 11.8. The minimum Gasteiger partial charge on any atom is -0.456 e. The van der Waals surface area contributed by atoms with E-state index >= 15 is 0 Å². The molecule has 2 aromatic rings. The van der Waals surface area contributed by atoms with E-state index in [2.05, 4.69) is 5.32 Å². The molecule has 4 heteroatoms. The van der Waals surface area contributed by atoms with Crippen LogP contribution in [0.15, 0.2) is 54.6 Å². The first-order valence-corrected chi connectivity index (χ1v) is 7.61. The van der Waals surface area contributed by atoms with E-state index in [0.29, 0.717) is 5.69 Å². The Morgan fingerprint density at radius 1 is 1.09 bits per heavy atom. The second-order valence-electron chi connectivity index (χ2n) is 5.59. The summed E-state index contributed by atoms with van der Waals surface area (Å²) in [5, 5.41) is 2.71. The first kappa shape index (κ1) is 16.7. The van der Waals surface area contributed by atoms with E-state index in [9.17, 15) is 9.59 Å². The van der Waals surface area contributed by atoms with Crippen LogP contribution < -0.4 is 5.32 Å². The zero-order chi connectivity index (χ0) is 16.7. The molecule has 1 N–H and O–H groups in total. The first-order valence-electron chi connectivity index (χ1n) is 7.61. The molecule has 1 atom stereocenters. The molecule has 0 aromatic heterocycles. The highest BCUT2D eigenvalue weighted by Crippen LogP contribution is 2.18. The van der Waals surface area contributed by atoms with Crippen molar-refractivity contribution in [1.29, 1.82) is 0 Å². The lowest BCUT2D eigenvalue weighted by molar-refractivity contribution is -0.147. The number of rotatable bonds is 6. The van der Waals surface area contributed by atoms with Gasteiger partial charge in [0.05, 0.1) is 6.42 Å². The Hall–Kier alpha value is -2.62. The number of esters is 1. The summed E-state index contributed by atoms with van der Waals surface area (Å²) in [5.74, 6) is -0.652. The second-order valence-corrected chi connectivity index (χ2v) is 5.59. The number of benzene rings is 2. The van der Waals surface area contributed by atoms with Crippen LogP contribution in [0.2, 0.25) is 0 Å². The lowest BCUT2D eigenvalue weighted by Crippen LogP contribution is -2.21. The van der Waals surface area contributed by atoms with Crippen molar-refractivity contribution in [1.82, 2.24) is 0 Å². The van der Waals surface area contributed by atoms with Crippen molar-refractivity contribution in [3.63, 3.8) is 0 Å². The normalized spacial score (nSPS) is 11.6. The van der Waals surface area contributed by atoms with Crippen LogP contribution >= 0.6 is 0 Å². The van der Waals surface area contributed by atoms with E-state index in [1.54, 1.807) is 6.07 Å². The average molecular weight is 311 g/mol. The van der Waals surface area contributed by atoms with Gasteiger partial charge in [-0.1, -0.05) is 49.4 Å². The molecule has 0 radical (unpaired) electrons. The fourth-order valence-corrected chi connectivity index (χ4v) is 2.27. The van der Waals surface area contributed by atoms with E-state index in [0.717, 1.165) is 11.1 Å². The highest BCUT2D eigenvalue weighted by molar-refractivity contribution is 5.92. The number of carbonyl (C=O) groups is 2. The van der Waals surface area contributed by atoms with E-state index in [1.165, 1.54) is 0 Å². The first-order chi connectivity index (χ1) is 11.0. The fraction of sp³-hybridized carbons (Fsp3) is 0.263.